The molecule has 3 heteroatoms. The molecule has 0 aliphatic carbocycles. The van der Waals surface area contributed by atoms with Crippen molar-refractivity contribution in [3.05, 3.63) is 29.6 Å². The second-order valence-electron chi connectivity index (χ2n) is 5.13. The first kappa shape index (κ1) is 12.5. The number of hydrogen-bond donors (Lipinski definition) is 1. The molecule has 3 nitrogen and oxygen atoms in total. The van der Waals surface area contributed by atoms with Gasteiger partial charge >= 0.3 is 0 Å². The van der Waals surface area contributed by atoms with Crippen LogP contribution in [-0.2, 0) is 6.54 Å². The van der Waals surface area contributed by atoms with E-state index in [0.717, 1.165) is 6.54 Å². The predicted molar refractivity (Wildman–Crippen MR) is 70.9 cm³/mol. The van der Waals surface area contributed by atoms with E-state index in [4.69, 9.17) is 0 Å². The summed E-state index contributed by atoms with van der Waals surface area (Å²) in [6, 6.07) is 3.50. The maximum Gasteiger partial charge on any atom is 0.0300 e. The van der Waals surface area contributed by atoms with Crippen molar-refractivity contribution in [2.45, 2.75) is 45.3 Å². The molecular formula is C14H23N3. The Morgan fingerprint density at radius 1 is 1.53 bits per heavy atom. The summed E-state index contributed by atoms with van der Waals surface area (Å²) in [5.41, 5.74) is 2.71. The highest BCUT2D eigenvalue weighted by atomic mass is 15.2. The lowest BCUT2D eigenvalue weighted by Gasteiger charge is -2.37. The largest absolute Gasteiger partial charge is 0.317 e. The second kappa shape index (κ2) is 5.61. The molecule has 1 N–H and O–H groups in total. The molecule has 1 saturated heterocycles. The third-order valence-electron chi connectivity index (χ3n) is 3.93. The number of aryl methyl sites for hydroxylation is 1. The van der Waals surface area contributed by atoms with Gasteiger partial charge in [0.15, 0.2) is 0 Å². The fourth-order valence-electron chi connectivity index (χ4n) is 2.62. The Morgan fingerprint density at radius 2 is 2.35 bits per heavy atom. The SMILES string of the molecule is CNC1CCN(Cc2ccncc2C)C(C)C1. The second-order valence-corrected chi connectivity index (χ2v) is 5.13. The van der Waals surface area contributed by atoms with Gasteiger partial charge in [-0.3, -0.25) is 9.88 Å². The number of pyridine rings is 1. The van der Waals surface area contributed by atoms with Crippen molar-refractivity contribution in [3.63, 3.8) is 0 Å². The van der Waals surface area contributed by atoms with Crippen LogP contribution in [0.2, 0.25) is 0 Å². The van der Waals surface area contributed by atoms with Crippen molar-refractivity contribution >= 4 is 0 Å². The molecule has 94 valence electrons. The topological polar surface area (TPSA) is 28.2 Å². The molecular weight excluding hydrogens is 210 g/mol. The number of likely N-dealkylation sites (tertiary alicyclic amines) is 1. The van der Waals surface area contributed by atoms with Gasteiger partial charge in [0.25, 0.3) is 0 Å². The van der Waals surface area contributed by atoms with Crippen LogP contribution in [0.15, 0.2) is 18.5 Å². The van der Waals surface area contributed by atoms with E-state index in [2.05, 4.69) is 42.2 Å². The van der Waals surface area contributed by atoms with E-state index in [0.29, 0.717) is 12.1 Å². The highest BCUT2D eigenvalue weighted by Crippen LogP contribution is 2.20. The smallest absolute Gasteiger partial charge is 0.0300 e. The highest BCUT2D eigenvalue weighted by molar-refractivity contribution is 5.21. The van der Waals surface area contributed by atoms with Crippen LogP contribution in [0.5, 0.6) is 0 Å². The Morgan fingerprint density at radius 3 is 3.00 bits per heavy atom. The van der Waals surface area contributed by atoms with Gasteiger partial charge in [-0.25, -0.2) is 0 Å². The number of nitrogens with one attached hydrogen (secondary N) is 1. The fourth-order valence-corrected chi connectivity index (χ4v) is 2.62. The van der Waals surface area contributed by atoms with Crippen molar-refractivity contribution < 1.29 is 0 Å². The van der Waals surface area contributed by atoms with Gasteiger partial charge in [-0.05, 0) is 50.9 Å². The molecule has 0 radical (unpaired) electrons. The molecule has 17 heavy (non-hydrogen) atoms. The van der Waals surface area contributed by atoms with E-state index in [1.807, 2.05) is 12.4 Å². The summed E-state index contributed by atoms with van der Waals surface area (Å²) in [6.45, 7) is 6.73. The number of piperidine rings is 1. The Hall–Kier alpha value is -0.930. The van der Waals surface area contributed by atoms with Gasteiger partial charge in [0.2, 0.25) is 0 Å². The molecule has 1 fully saturated rings. The fraction of sp³-hybridized carbons (Fsp3) is 0.643. The van der Waals surface area contributed by atoms with Gasteiger partial charge in [0.1, 0.15) is 0 Å². The standard InChI is InChI=1S/C14H23N3/c1-11-9-16-6-4-13(11)10-17-7-5-14(15-3)8-12(17)2/h4,6,9,12,14-15H,5,7-8,10H2,1-3H3. The van der Waals surface area contributed by atoms with E-state index in [9.17, 15) is 0 Å². The molecule has 2 unspecified atom stereocenters. The molecule has 0 aromatic carbocycles. The molecule has 0 saturated carbocycles. The van der Waals surface area contributed by atoms with E-state index in [1.165, 1.54) is 30.5 Å². The first-order chi connectivity index (χ1) is 8.20. The van der Waals surface area contributed by atoms with Gasteiger partial charge in [-0.15, -0.1) is 0 Å². The van der Waals surface area contributed by atoms with Crippen LogP contribution in [0.4, 0.5) is 0 Å². The van der Waals surface area contributed by atoms with Crippen molar-refractivity contribution in [3.8, 4) is 0 Å². The van der Waals surface area contributed by atoms with Gasteiger partial charge in [0, 0.05) is 37.6 Å². The average Bonchev–Trinajstić information content (AvgIpc) is 2.34. The van der Waals surface area contributed by atoms with Gasteiger partial charge in [-0.1, -0.05) is 0 Å². The van der Waals surface area contributed by atoms with Crippen LogP contribution in [0.1, 0.15) is 30.9 Å². The van der Waals surface area contributed by atoms with E-state index >= 15 is 0 Å². The van der Waals surface area contributed by atoms with Crippen LogP contribution in [0.25, 0.3) is 0 Å². The Bertz CT molecular complexity index is 364. The first-order valence-corrected chi connectivity index (χ1v) is 6.51. The van der Waals surface area contributed by atoms with Gasteiger partial charge in [-0.2, -0.15) is 0 Å². The van der Waals surface area contributed by atoms with Crippen LogP contribution < -0.4 is 5.32 Å². The zero-order valence-electron chi connectivity index (χ0n) is 11.1. The molecule has 0 bridgehead atoms. The zero-order chi connectivity index (χ0) is 12.3. The van der Waals surface area contributed by atoms with Crippen LogP contribution in [0, 0.1) is 6.92 Å². The summed E-state index contributed by atoms with van der Waals surface area (Å²) in [4.78, 5) is 6.73. The molecule has 2 heterocycles. The van der Waals surface area contributed by atoms with Crippen molar-refractivity contribution in [1.82, 2.24) is 15.2 Å². The number of hydrogen-bond acceptors (Lipinski definition) is 3. The minimum absolute atomic E-state index is 0.661. The minimum atomic E-state index is 0.661. The summed E-state index contributed by atoms with van der Waals surface area (Å²) in [6.07, 6.45) is 6.36. The summed E-state index contributed by atoms with van der Waals surface area (Å²) in [5, 5.41) is 3.39. The lowest BCUT2D eigenvalue weighted by molar-refractivity contribution is 0.131. The average molecular weight is 233 g/mol. The quantitative estimate of drug-likeness (QED) is 0.865. The van der Waals surface area contributed by atoms with Crippen molar-refractivity contribution in [1.29, 1.82) is 0 Å². The summed E-state index contributed by atoms with van der Waals surface area (Å²) < 4.78 is 0. The minimum Gasteiger partial charge on any atom is -0.317 e. The molecule has 1 aliphatic rings. The zero-order valence-corrected chi connectivity index (χ0v) is 11.1. The van der Waals surface area contributed by atoms with Crippen molar-refractivity contribution in [2.24, 2.45) is 0 Å². The Labute approximate surface area is 104 Å². The third kappa shape index (κ3) is 3.05. The maximum atomic E-state index is 4.15. The Kier molecular flexibility index (Phi) is 4.13. The monoisotopic (exact) mass is 233 g/mol. The molecule has 1 aromatic rings. The van der Waals surface area contributed by atoms with E-state index in [-0.39, 0.29) is 0 Å². The normalized spacial score (nSPS) is 26.1. The molecule has 0 amide bonds. The Balaban J connectivity index is 1.98. The van der Waals surface area contributed by atoms with E-state index < -0.39 is 0 Å². The lowest BCUT2D eigenvalue weighted by atomic mass is 9.97. The molecule has 0 spiro atoms. The molecule has 1 aromatic heterocycles. The van der Waals surface area contributed by atoms with Gasteiger partial charge < -0.3 is 5.32 Å². The first-order valence-electron chi connectivity index (χ1n) is 6.51. The summed E-state index contributed by atoms with van der Waals surface area (Å²) in [5.74, 6) is 0. The van der Waals surface area contributed by atoms with E-state index in [1.54, 1.807) is 0 Å². The lowest BCUT2D eigenvalue weighted by Crippen LogP contribution is -2.46. The van der Waals surface area contributed by atoms with Crippen LogP contribution >= 0.6 is 0 Å². The van der Waals surface area contributed by atoms with Crippen LogP contribution in [0.3, 0.4) is 0 Å². The summed E-state index contributed by atoms with van der Waals surface area (Å²) in [7, 11) is 2.07. The number of aromatic nitrogens is 1. The molecule has 2 rings (SSSR count). The summed E-state index contributed by atoms with van der Waals surface area (Å²) >= 11 is 0. The van der Waals surface area contributed by atoms with Crippen molar-refractivity contribution in [2.75, 3.05) is 13.6 Å². The molecule has 2 atom stereocenters. The molecule has 1 aliphatic heterocycles. The number of nitrogens with zero attached hydrogens (tertiary/aromatic N) is 2. The number of rotatable bonds is 3. The van der Waals surface area contributed by atoms with Gasteiger partial charge in [0.05, 0.1) is 0 Å². The maximum absolute atomic E-state index is 4.15. The third-order valence-corrected chi connectivity index (χ3v) is 3.93. The predicted octanol–water partition coefficient (Wildman–Crippen LogP) is 1.96. The highest BCUT2D eigenvalue weighted by Gasteiger charge is 2.24. The van der Waals surface area contributed by atoms with Crippen LogP contribution in [-0.4, -0.2) is 35.6 Å².